The lowest BCUT2D eigenvalue weighted by molar-refractivity contribution is -0.144. The fourth-order valence-corrected chi connectivity index (χ4v) is 5.90. The Morgan fingerprint density at radius 3 is 2.79 bits per heavy atom. The molecule has 0 radical (unpaired) electrons. The lowest BCUT2D eigenvalue weighted by Crippen LogP contribution is -2.22. The molecule has 1 aliphatic rings. The van der Waals surface area contributed by atoms with Crippen LogP contribution < -0.4 is 5.32 Å². The zero-order valence-electron chi connectivity index (χ0n) is 13.1. The third-order valence-corrected chi connectivity index (χ3v) is 6.96. The number of sulfone groups is 1. The summed E-state index contributed by atoms with van der Waals surface area (Å²) in [5.41, 5.74) is 1.42. The Balaban J connectivity index is 1.70. The first kappa shape index (κ1) is 19.1. The molecule has 24 heavy (non-hydrogen) atoms. The number of nitrogens with one attached hydrogen (secondary N) is 1. The molecule has 2 rings (SSSR count). The first-order valence-corrected chi connectivity index (χ1v) is 10.5. The van der Waals surface area contributed by atoms with Crippen molar-refractivity contribution < 1.29 is 22.7 Å². The van der Waals surface area contributed by atoms with Crippen LogP contribution >= 0.6 is 23.4 Å². The zero-order chi connectivity index (χ0) is 17.7. The van der Waals surface area contributed by atoms with Crippen LogP contribution in [0.4, 0.5) is 5.69 Å². The monoisotopic (exact) mass is 391 g/mol. The second-order valence-electron chi connectivity index (χ2n) is 5.53. The molecule has 0 unspecified atom stereocenters. The summed E-state index contributed by atoms with van der Waals surface area (Å²) in [5, 5.41) is 2.90. The lowest BCUT2D eigenvalue weighted by Gasteiger charge is -2.09. The van der Waals surface area contributed by atoms with Crippen LogP contribution in [0.2, 0.25) is 5.02 Å². The molecule has 1 saturated heterocycles. The zero-order valence-corrected chi connectivity index (χ0v) is 15.5. The van der Waals surface area contributed by atoms with Crippen LogP contribution in [0.15, 0.2) is 18.2 Å². The minimum atomic E-state index is -2.96. The predicted octanol–water partition coefficient (Wildman–Crippen LogP) is 2.05. The summed E-state index contributed by atoms with van der Waals surface area (Å²) in [5.74, 6) is -0.743. The van der Waals surface area contributed by atoms with Crippen LogP contribution in [0, 0.1) is 6.92 Å². The van der Waals surface area contributed by atoms with Crippen molar-refractivity contribution in [1.29, 1.82) is 0 Å². The van der Waals surface area contributed by atoms with Gasteiger partial charge >= 0.3 is 5.97 Å². The van der Waals surface area contributed by atoms with Gasteiger partial charge in [-0.15, -0.1) is 11.8 Å². The Morgan fingerprint density at radius 2 is 2.17 bits per heavy atom. The third kappa shape index (κ3) is 5.99. The fraction of sp³-hybridized carbons (Fsp3) is 0.467. The molecule has 1 N–H and O–H groups in total. The van der Waals surface area contributed by atoms with Crippen LogP contribution in [0.25, 0.3) is 0 Å². The lowest BCUT2D eigenvalue weighted by atomic mass is 10.2. The number of anilines is 1. The molecule has 1 aliphatic heterocycles. The molecule has 0 saturated carbocycles. The van der Waals surface area contributed by atoms with Crippen molar-refractivity contribution in [2.45, 2.75) is 18.6 Å². The first-order valence-electron chi connectivity index (χ1n) is 7.29. The van der Waals surface area contributed by atoms with E-state index in [2.05, 4.69) is 5.32 Å². The van der Waals surface area contributed by atoms with Gasteiger partial charge in [-0.05, 0) is 31.0 Å². The van der Waals surface area contributed by atoms with E-state index in [1.54, 1.807) is 18.2 Å². The van der Waals surface area contributed by atoms with E-state index < -0.39 is 28.3 Å². The molecule has 1 aromatic rings. The van der Waals surface area contributed by atoms with Gasteiger partial charge in [0.2, 0.25) is 0 Å². The maximum atomic E-state index is 11.8. The average molecular weight is 392 g/mol. The highest BCUT2D eigenvalue weighted by Gasteiger charge is 2.28. The van der Waals surface area contributed by atoms with Crippen LogP contribution in [0.3, 0.4) is 0 Å². The summed E-state index contributed by atoms with van der Waals surface area (Å²) in [6.45, 7) is 1.47. The van der Waals surface area contributed by atoms with Crippen molar-refractivity contribution in [3.8, 4) is 0 Å². The van der Waals surface area contributed by atoms with Gasteiger partial charge in [0.15, 0.2) is 16.4 Å². The van der Waals surface area contributed by atoms with Gasteiger partial charge in [-0.3, -0.25) is 9.59 Å². The van der Waals surface area contributed by atoms with Gasteiger partial charge in [0, 0.05) is 5.25 Å². The number of halogens is 1. The average Bonchev–Trinajstić information content (AvgIpc) is 2.85. The van der Waals surface area contributed by atoms with Gasteiger partial charge in [-0.25, -0.2) is 8.42 Å². The van der Waals surface area contributed by atoms with E-state index >= 15 is 0 Å². The van der Waals surface area contributed by atoms with Gasteiger partial charge in [-0.1, -0.05) is 17.7 Å². The number of benzene rings is 1. The summed E-state index contributed by atoms with van der Waals surface area (Å²) < 4.78 is 27.5. The molecule has 0 aromatic heterocycles. The fourth-order valence-electron chi connectivity index (χ4n) is 2.17. The maximum Gasteiger partial charge on any atom is 0.316 e. The van der Waals surface area contributed by atoms with Crippen LogP contribution in [-0.2, 0) is 24.2 Å². The minimum Gasteiger partial charge on any atom is -0.455 e. The Bertz CT molecular complexity index is 735. The van der Waals surface area contributed by atoms with Crippen LogP contribution in [0.5, 0.6) is 0 Å². The molecule has 0 aliphatic carbocycles. The van der Waals surface area contributed by atoms with Crippen LogP contribution in [-0.4, -0.2) is 49.4 Å². The number of amides is 1. The quantitative estimate of drug-likeness (QED) is 0.746. The van der Waals surface area contributed by atoms with Gasteiger partial charge in [-0.2, -0.15) is 0 Å². The highest BCUT2D eigenvalue weighted by molar-refractivity contribution is 8.02. The van der Waals surface area contributed by atoms with Gasteiger partial charge in [0.05, 0.1) is 28.0 Å². The third-order valence-electron chi connectivity index (χ3n) is 3.39. The molecule has 1 aromatic carbocycles. The van der Waals surface area contributed by atoms with E-state index in [1.807, 2.05) is 6.92 Å². The molecule has 9 heteroatoms. The topological polar surface area (TPSA) is 89.5 Å². The second kappa shape index (κ2) is 8.22. The smallest absolute Gasteiger partial charge is 0.316 e. The summed E-state index contributed by atoms with van der Waals surface area (Å²) in [7, 11) is -2.96. The number of aryl methyl sites for hydroxylation is 1. The van der Waals surface area contributed by atoms with Crippen molar-refractivity contribution in [3.63, 3.8) is 0 Å². The Kier molecular flexibility index (Phi) is 6.54. The molecule has 0 spiro atoms. The number of rotatable bonds is 6. The van der Waals surface area contributed by atoms with Gasteiger partial charge in [0.25, 0.3) is 5.91 Å². The van der Waals surface area contributed by atoms with Gasteiger partial charge < -0.3 is 10.1 Å². The van der Waals surface area contributed by atoms with E-state index in [4.69, 9.17) is 16.3 Å². The number of carbonyl (C=O) groups excluding carboxylic acids is 2. The van der Waals surface area contributed by atoms with E-state index in [-0.39, 0.29) is 22.5 Å². The SMILES string of the molecule is Cc1ccc(NC(=O)COC(=O)CS[C@@H]2CCS(=O)(=O)C2)c(Cl)c1. The predicted molar refractivity (Wildman–Crippen MR) is 95.3 cm³/mol. The maximum absolute atomic E-state index is 11.8. The number of hydrogen-bond donors (Lipinski definition) is 1. The van der Waals surface area contributed by atoms with Crippen molar-refractivity contribution in [2.24, 2.45) is 0 Å². The molecular weight excluding hydrogens is 374 g/mol. The van der Waals surface area contributed by atoms with Crippen molar-refractivity contribution in [2.75, 3.05) is 29.2 Å². The molecule has 1 amide bonds. The van der Waals surface area contributed by atoms with Crippen LogP contribution in [0.1, 0.15) is 12.0 Å². The first-order chi connectivity index (χ1) is 11.2. The standard InChI is InChI=1S/C15H18ClNO5S2/c1-10-2-3-13(12(16)6-10)17-14(18)7-22-15(19)8-23-11-4-5-24(20,21)9-11/h2-3,6,11H,4-5,7-9H2,1H3,(H,17,18)/t11-/m1/s1. The van der Waals surface area contributed by atoms with E-state index in [0.717, 1.165) is 5.56 Å². The number of ether oxygens (including phenoxy) is 1. The highest BCUT2D eigenvalue weighted by atomic mass is 35.5. The van der Waals surface area contributed by atoms with Crippen molar-refractivity contribution >= 4 is 50.8 Å². The van der Waals surface area contributed by atoms with E-state index in [0.29, 0.717) is 17.1 Å². The molecule has 1 fully saturated rings. The second-order valence-corrected chi connectivity index (χ2v) is 9.45. The summed E-state index contributed by atoms with van der Waals surface area (Å²) in [6, 6.07) is 5.20. The number of hydrogen-bond acceptors (Lipinski definition) is 6. The normalized spacial score (nSPS) is 19.0. The molecule has 0 bridgehead atoms. The Labute approximate surface area is 150 Å². The molecule has 1 atom stereocenters. The molecule has 6 nitrogen and oxygen atoms in total. The number of thioether (sulfide) groups is 1. The number of esters is 1. The summed E-state index contributed by atoms with van der Waals surface area (Å²) >= 11 is 7.25. The summed E-state index contributed by atoms with van der Waals surface area (Å²) in [4.78, 5) is 23.4. The molecular formula is C15H18ClNO5S2. The minimum absolute atomic E-state index is 0.0265. The molecule has 132 valence electrons. The molecule has 1 heterocycles. The van der Waals surface area contributed by atoms with Crippen molar-refractivity contribution in [1.82, 2.24) is 0 Å². The van der Waals surface area contributed by atoms with Gasteiger partial charge in [0.1, 0.15) is 0 Å². The van der Waals surface area contributed by atoms with Crippen molar-refractivity contribution in [3.05, 3.63) is 28.8 Å². The Hall–Kier alpha value is -1.25. The Morgan fingerprint density at radius 1 is 1.42 bits per heavy atom. The largest absolute Gasteiger partial charge is 0.455 e. The summed E-state index contributed by atoms with van der Waals surface area (Å²) in [6.07, 6.45) is 0.548. The number of carbonyl (C=O) groups is 2. The van der Waals surface area contributed by atoms with E-state index in [1.165, 1.54) is 11.8 Å². The highest BCUT2D eigenvalue weighted by Crippen LogP contribution is 2.24. The van der Waals surface area contributed by atoms with E-state index in [9.17, 15) is 18.0 Å².